The molecule has 0 radical (unpaired) electrons. The summed E-state index contributed by atoms with van der Waals surface area (Å²) in [6.45, 7) is 7.43. The van der Waals surface area contributed by atoms with Crippen molar-refractivity contribution in [3.05, 3.63) is 0 Å². The Morgan fingerprint density at radius 1 is 1.00 bits per heavy atom. The van der Waals surface area contributed by atoms with E-state index >= 15 is 0 Å². The van der Waals surface area contributed by atoms with Gasteiger partial charge < -0.3 is 9.47 Å². The van der Waals surface area contributed by atoms with Crippen LogP contribution in [0.3, 0.4) is 0 Å². The van der Waals surface area contributed by atoms with E-state index in [1.165, 1.54) is 19.3 Å². The molecule has 0 bridgehead atoms. The molecule has 2 fully saturated rings. The number of ether oxygens (including phenoxy) is 2. The lowest BCUT2D eigenvalue weighted by Gasteiger charge is -2.37. The smallest absolute Gasteiger partial charge is 0.0627 e. The summed E-state index contributed by atoms with van der Waals surface area (Å²) in [5.41, 5.74) is 0. The van der Waals surface area contributed by atoms with Crippen molar-refractivity contribution in [2.75, 3.05) is 19.8 Å². The molecule has 4 atom stereocenters. The fourth-order valence-electron chi connectivity index (χ4n) is 2.66. The first-order valence-electron chi connectivity index (χ1n) is 5.95. The van der Waals surface area contributed by atoms with Crippen LogP contribution in [0.1, 0.15) is 33.1 Å². The molecule has 0 amide bonds. The topological polar surface area (TPSA) is 18.5 Å². The first-order valence-corrected chi connectivity index (χ1v) is 5.95. The van der Waals surface area contributed by atoms with E-state index in [4.69, 9.17) is 9.47 Å². The van der Waals surface area contributed by atoms with Crippen LogP contribution in [0, 0.1) is 17.8 Å². The fourth-order valence-corrected chi connectivity index (χ4v) is 2.66. The molecule has 2 aliphatic heterocycles. The number of hydrogen-bond donors (Lipinski definition) is 0. The molecule has 2 unspecified atom stereocenters. The zero-order valence-electron chi connectivity index (χ0n) is 9.37. The Hall–Kier alpha value is -0.0800. The van der Waals surface area contributed by atoms with Gasteiger partial charge in [0.2, 0.25) is 0 Å². The van der Waals surface area contributed by atoms with Crippen molar-refractivity contribution in [3.63, 3.8) is 0 Å². The van der Waals surface area contributed by atoms with Crippen molar-refractivity contribution in [1.82, 2.24) is 0 Å². The second-order valence-corrected chi connectivity index (χ2v) is 5.18. The summed E-state index contributed by atoms with van der Waals surface area (Å²) in [7, 11) is 0. The van der Waals surface area contributed by atoms with Gasteiger partial charge in [0.25, 0.3) is 0 Å². The van der Waals surface area contributed by atoms with Gasteiger partial charge in [0, 0.05) is 19.1 Å². The summed E-state index contributed by atoms with van der Waals surface area (Å²) in [4.78, 5) is 0. The number of rotatable bonds is 1. The average Bonchev–Trinajstić information content (AvgIpc) is 2.18. The molecule has 2 rings (SSSR count). The molecule has 0 aromatic rings. The van der Waals surface area contributed by atoms with Crippen molar-refractivity contribution in [3.8, 4) is 0 Å². The van der Waals surface area contributed by atoms with Crippen LogP contribution < -0.4 is 0 Å². The SMILES string of the molecule is C[C@@H]1COCC(C2C[C@@H](C)CCO2)C1. The van der Waals surface area contributed by atoms with Gasteiger partial charge in [0.15, 0.2) is 0 Å². The van der Waals surface area contributed by atoms with Gasteiger partial charge in [0.05, 0.1) is 12.7 Å². The van der Waals surface area contributed by atoms with Crippen molar-refractivity contribution in [2.24, 2.45) is 17.8 Å². The summed E-state index contributed by atoms with van der Waals surface area (Å²) < 4.78 is 11.5. The van der Waals surface area contributed by atoms with Gasteiger partial charge in [0.1, 0.15) is 0 Å². The van der Waals surface area contributed by atoms with Crippen LogP contribution in [0.25, 0.3) is 0 Å². The normalized spacial score (nSPS) is 45.0. The number of hydrogen-bond acceptors (Lipinski definition) is 2. The van der Waals surface area contributed by atoms with Crippen LogP contribution in [-0.4, -0.2) is 25.9 Å². The molecule has 0 aromatic heterocycles. The minimum Gasteiger partial charge on any atom is -0.381 e. The summed E-state index contributed by atoms with van der Waals surface area (Å²) in [5.74, 6) is 2.21. The molecule has 0 saturated carbocycles. The molecule has 2 nitrogen and oxygen atoms in total. The lowest BCUT2D eigenvalue weighted by atomic mass is 9.84. The predicted octanol–water partition coefficient (Wildman–Crippen LogP) is 2.47. The lowest BCUT2D eigenvalue weighted by molar-refractivity contribution is -0.0897. The van der Waals surface area contributed by atoms with Gasteiger partial charge in [-0.1, -0.05) is 13.8 Å². The van der Waals surface area contributed by atoms with E-state index in [-0.39, 0.29) is 0 Å². The third-order valence-electron chi connectivity index (χ3n) is 3.54. The van der Waals surface area contributed by atoms with Crippen LogP contribution in [0.2, 0.25) is 0 Å². The molecule has 0 spiro atoms. The van der Waals surface area contributed by atoms with Crippen molar-refractivity contribution < 1.29 is 9.47 Å². The maximum atomic E-state index is 5.86. The summed E-state index contributed by atoms with van der Waals surface area (Å²) in [6.07, 6.45) is 4.24. The highest BCUT2D eigenvalue weighted by atomic mass is 16.5. The van der Waals surface area contributed by atoms with Crippen molar-refractivity contribution in [2.45, 2.75) is 39.2 Å². The first kappa shape index (κ1) is 10.4. The summed E-state index contributed by atoms with van der Waals surface area (Å²) in [6, 6.07) is 0. The van der Waals surface area contributed by atoms with Gasteiger partial charge >= 0.3 is 0 Å². The third kappa shape index (κ3) is 2.48. The second kappa shape index (κ2) is 4.63. The van der Waals surface area contributed by atoms with E-state index < -0.39 is 0 Å². The quantitative estimate of drug-likeness (QED) is 0.644. The third-order valence-corrected chi connectivity index (χ3v) is 3.54. The average molecular weight is 198 g/mol. The standard InChI is InChI=1S/C12H22O2/c1-9-3-4-14-12(6-9)11-5-10(2)7-13-8-11/h9-12H,3-8H2,1-2H3/t9-,10-,11?,12?/m0/s1. The molecule has 2 heteroatoms. The molecular weight excluding hydrogens is 176 g/mol. The van der Waals surface area contributed by atoms with Crippen LogP contribution >= 0.6 is 0 Å². The highest BCUT2D eigenvalue weighted by Gasteiger charge is 2.31. The molecule has 14 heavy (non-hydrogen) atoms. The largest absolute Gasteiger partial charge is 0.381 e. The van der Waals surface area contributed by atoms with E-state index in [0.717, 1.165) is 31.7 Å². The predicted molar refractivity (Wildman–Crippen MR) is 56.2 cm³/mol. The Kier molecular flexibility index (Phi) is 3.45. The molecule has 0 aliphatic carbocycles. The van der Waals surface area contributed by atoms with E-state index in [2.05, 4.69) is 13.8 Å². The van der Waals surface area contributed by atoms with E-state index in [1.54, 1.807) is 0 Å². The van der Waals surface area contributed by atoms with Gasteiger partial charge in [-0.2, -0.15) is 0 Å². The van der Waals surface area contributed by atoms with Crippen LogP contribution in [-0.2, 0) is 9.47 Å². The summed E-state index contributed by atoms with van der Waals surface area (Å²) in [5, 5.41) is 0. The Balaban J connectivity index is 1.86. The maximum absolute atomic E-state index is 5.86. The van der Waals surface area contributed by atoms with Gasteiger partial charge in [-0.05, 0) is 31.1 Å². The Morgan fingerprint density at radius 3 is 2.57 bits per heavy atom. The Morgan fingerprint density at radius 2 is 1.86 bits per heavy atom. The second-order valence-electron chi connectivity index (χ2n) is 5.18. The first-order chi connectivity index (χ1) is 6.75. The molecule has 2 heterocycles. The Bertz CT molecular complexity index is 161. The molecule has 82 valence electrons. The van der Waals surface area contributed by atoms with Crippen molar-refractivity contribution >= 4 is 0 Å². The minimum atomic E-state index is 0.474. The minimum absolute atomic E-state index is 0.474. The van der Waals surface area contributed by atoms with Gasteiger partial charge in [-0.3, -0.25) is 0 Å². The Labute approximate surface area is 87.0 Å². The van der Waals surface area contributed by atoms with Gasteiger partial charge in [-0.15, -0.1) is 0 Å². The monoisotopic (exact) mass is 198 g/mol. The van der Waals surface area contributed by atoms with Crippen LogP contribution in [0.5, 0.6) is 0 Å². The van der Waals surface area contributed by atoms with E-state index in [1.807, 2.05) is 0 Å². The molecule has 0 N–H and O–H groups in total. The van der Waals surface area contributed by atoms with Crippen LogP contribution in [0.4, 0.5) is 0 Å². The highest BCUT2D eigenvalue weighted by Crippen LogP contribution is 2.30. The lowest BCUT2D eigenvalue weighted by Crippen LogP contribution is -2.38. The maximum Gasteiger partial charge on any atom is 0.0627 e. The zero-order valence-corrected chi connectivity index (χ0v) is 9.37. The fraction of sp³-hybridized carbons (Fsp3) is 1.00. The van der Waals surface area contributed by atoms with E-state index in [9.17, 15) is 0 Å². The van der Waals surface area contributed by atoms with E-state index in [0.29, 0.717) is 12.0 Å². The highest BCUT2D eigenvalue weighted by molar-refractivity contribution is 4.79. The van der Waals surface area contributed by atoms with Crippen LogP contribution in [0.15, 0.2) is 0 Å². The molecular formula is C12H22O2. The molecule has 2 saturated heterocycles. The molecule has 0 aromatic carbocycles. The van der Waals surface area contributed by atoms with Gasteiger partial charge in [-0.25, -0.2) is 0 Å². The zero-order chi connectivity index (χ0) is 9.97. The molecule has 2 aliphatic rings. The van der Waals surface area contributed by atoms with Crippen molar-refractivity contribution in [1.29, 1.82) is 0 Å². The summed E-state index contributed by atoms with van der Waals surface area (Å²) >= 11 is 0.